The highest BCUT2D eigenvalue weighted by atomic mass is 16.7. The molecule has 2 aliphatic heterocycles. The number of carbonyl (C=O) groups excluding carboxylic acids is 1. The van der Waals surface area contributed by atoms with Crippen molar-refractivity contribution >= 4 is 5.78 Å². The smallest absolute Gasteiger partial charge is 0.226 e. The molecule has 2 fully saturated rings. The monoisotopic (exact) mass is 170 g/mol. The van der Waals surface area contributed by atoms with E-state index in [1.165, 1.54) is 0 Å². The first-order chi connectivity index (χ1) is 5.44. The number of hydrogen-bond donors (Lipinski definition) is 0. The summed E-state index contributed by atoms with van der Waals surface area (Å²) in [4.78, 5) is 11.5. The standard InChI is InChI=1S/C9H14O3/c1-6-4-8(2)5-7(10)9(3,11-6)12-8/h6H,4-5H2,1-3H3. The minimum absolute atomic E-state index is 0.0781. The van der Waals surface area contributed by atoms with Gasteiger partial charge in [-0.05, 0) is 20.8 Å². The first-order valence-electron chi connectivity index (χ1n) is 4.35. The van der Waals surface area contributed by atoms with Crippen LogP contribution >= 0.6 is 0 Å². The lowest BCUT2D eigenvalue weighted by atomic mass is 9.96. The van der Waals surface area contributed by atoms with Crippen LogP contribution < -0.4 is 0 Å². The summed E-state index contributed by atoms with van der Waals surface area (Å²) in [6.07, 6.45) is 1.43. The van der Waals surface area contributed by atoms with Crippen LogP contribution in [0.5, 0.6) is 0 Å². The average Bonchev–Trinajstić information content (AvgIpc) is 1.96. The van der Waals surface area contributed by atoms with Gasteiger partial charge in [0, 0.05) is 12.8 Å². The Morgan fingerprint density at radius 3 is 2.75 bits per heavy atom. The molecule has 0 spiro atoms. The molecule has 2 saturated heterocycles. The highest BCUT2D eigenvalue weighted by molar-refractivity contribution is 5.88. The summed E-state index contributed by atoms with van der Waals surface area (Å²) >= 11 is 0. The lowest BCUT2D eigenvalue weighted by molar-refractivity contribution is -0.287. The van der Waals surface area contributed by atoms with Crippen molar-refractivity contribution in [3.8, 4) is 0 Å². The Morgan fingerprint density at radius 2 is 2.17 bits per heavy atom. The van der Waals surface area contributed by atoms with E-state index in [0.717, 1.165) is 6.42 Å². The molecule has 0 aromatic rings. The quantitative estimate of drug-likeness (QED) is 0.549. The molecule has 0 saturated carbocycles. The maximum absolute atomic E-state index is 11.5. The molecule has 3 heteroatoms. The van der Waals surface area contributed by atoms with E-state index in [-0.39, 0.29) is 17.5 Å². The van der Waals surface area contributed by atoms with Gasteiger partial charge in [-0.2, -0.15) is 0 Å². The number of fused-ring (bicyclic) bond motifs is 2. The van der Waals surface area contributed by atoms with Gasteiger partial charge in [-0.25, -0.2) is 0 Å². The summed E-state index contributed by atoms with van der Waals surface area (Å²) in [5.41, 5.74) is -0.274. The fourth-order valence-electron chi connectivity index (χ4n) is 2.30. The zero-order chi connectivity index (χ0) is 8.98. The van der Waals surface area contributed by atoms with Crippen LogP contribution in [0, 0.1) is 0 Å². The van der Waals surface area contributed by atoms with E-state index in [1.54, 1.807) is 6.92 Å². The molecule has 68 valence electrons. The molecule has 3 atom stereocenters. The van der Waals surface area contributed by atoms with E-state index < -0.39 is 5.79 Å². The number of carbonyl (C=O) groups is 1. The van der Waals surface area contributed by atoms with Crippen LogP contribution in [0.2, 0.25) is 0 Å². The third-order valence-electron chi connectivity index (χ3n) is 2.63. The average molecular weight is 170 g/mol. The van der Waals surface area contributed by atoms with Gasteiger partial charge in [0.15, 0.2) is 5.78 Å². The zero-order valence-corrected chi connectivity index (χ0v) is 7.72. The first-order valence-corrected chi connectivity index (χ1v) is 4.35. The predicted molar refractivity (Wildman–Crippen MR) is 42.7 cm³/mol. The van der Waals surface area contributed by atoms with Crippen molar-refractivity contribution in [1.82, 2.24) is 0 Å². The Bertz CT molecular complexity index is 238. The van der Waals surface area contributed by atoms with E-state index in [9.17, 15) is 4.79 Å². The third kappa shape index (κ3) is 1.00. The molecule has 12 heavy (non-hydrogen) atoms. The van der Waals surface area contributed by atoms with Crippen molar-refractivity contribution in [3.05, 3.63) is 0 Å². The number of ketones is 1. The number of rotatable bonds is 0. The van der Waals surface area contributed by atoms with Gasteiger partial charge >= 0.3 is 0 Å². The Labute approximate surface area is 72.0 Å². The second-order valence-corrected chi connectivity index (χ2v) is 4.23. The van der Waals surface area contributed by atoms with Gasteiger partial charge in [-0.1, -0.05) is 0 Å². The molecule has 0 radical (unpaired) electrons. The molecule has 0 N–H and O–H groups in total. The van der Waals surface area contributed by atoms with Crippen LogP contribution in [-0.4, -0.2) is 23.3 Å². The van der Waals surface area contributed by atoms with E-state index in [4.69, 9.17) is 9.47 Å². The molecule has 3 nitrogen and oxygen atoms in total. The summed E-state index contributed by atoms with van der Waals surface area (Å²) < 4.78 is 11.1. The van der Waals surface area contributed by atoms with Crippen LogP contribution in [0.15, 0.2) is 0 Å². The normalized spacial score (nSPS) is 52.9. The molecule has 0 aromatic heterocycles. The van der Waals surface area contributed by atoms with E-state index in [1.807, 2.05) is 13.8 Å². The van der Waals surface area contributed by atoms with Crippen molar-refractivity contribution in [2.75, 3.05) is 0 Å². The lowest BCUT2D eigenvalue weighted by Gasteiger charge is -2.38. The molecule has 2 rings (SSSR count). The summed E-state index contributed by atoms with van der Waals surface area (Å²) in [5, 5.41) is 0. The van der Waals surface area contributed by atoms with Crippen LogP contribution in [0.25, 0.3) is 0 Å². The van der Waals surface area contributed by atoms with Gasteiger partial charge in [0.2, 0.25) is 5.79 Å². The molecule has 0 aromatic carbocycles. The topological polar surface area (TPSA) is 35.5 Å². The molecule has 2 bridgehead atoms. The van der Waals surface area contributed by atoms with Crippen molar-refractivity contribution in [3.63, 3.8) is 0 Å². The summed E-state index contributed by atoms with van der Waals surface area (Å²) in [7, 11) is 0. The second kappa shape index (κ2) is 2.09. The number of Topliss-reactive ketones (excluding diaryl/α,β-unsaturated/α-hetero) is 1. The first kappa shape index (κ1) is 8.20. The van der Waals surface area contributed by atoms with Crippen LogP contribution in [-0.2, 0) is 14.3 Å². The predicted octanol–water partition coefficient (Wildman–Crippen LogP) is 1.26. The SMILES string of the molecule is CC1CC2(C)CC(=O)C(C)(O1)O2. The maximum atomic E-state index is 11.5. The molecule has 3 unspecified atom stereocenters. The van der Waals surface area contributed by atoms with Crippen LogP contribution in [0.4, 0.5) is 0 Å². The molecule has 2 heterocycles. The third-order valence-corrected chi connectivity index (χ3v) is 2.63. The van der Waals surface area contributed by atoms with Gasteiger partial charge in [0.25, 0.3) is 0 Å². The molecular formula is C9H14O3. The van der Waals surface area contributed by atoms with Gasteiger partial charge < -0.3 is 9.47 Å². The minimum Gasteiger partial charge on any atom is -0.341 e. The highest BCUT2D eigenvalue weighted by Gasteiger charge is 2.56. The Morgan fingerprint density at radius 1 is 1.50 bits per heavy atom. The van der Waals surface area contributed by atoms with Gasteiger partial charge in [0.1, 0.15) is 0 Å². The van der Waals surface area contributed by atoms with E-state index in [2.05, 4.69) is 0 Å². The molecule has 0 aliphatic carbocycles. The summed E-state index contributed by atoms with van der Waals surface area (Å²) in [6.45, 7) is 5.68. The molecule has 2 aliphatic rings. The molecule has 0 amide bonds. The van der Waals surface area contributed by atoms with Gasteiger partial charge in [-0.3, -0.25) is 4.79 Å². The highest BCUT2D eigenvalue weighted by Crippen LogP contribution is 2.44. The van der Waals surface area contributed by atoms with Crippen molar-refractivity contribution in [2.45, 2.75) is 51.1 Å². The van der Waals surface area contributed by atoms with Crippen molar-refractivity contribution in [1.29, 1.82) is 0 Å². The second-order valence-electron chi connectivity index (χ2n) is 4.23. The van der Waals surface area contributed by atoms with Crippen molar-refractivity contribution in [2.24, 2.45) is 0 Å². The number of ether oxygens (including phenoxy) is 2. The fraction of sp³-hybridized carbons (Fsp3) is 0.889. The maximum Gasteiger partial charge on any atom is 0.226 e. The zero-order valence-electron chi connectivity index (χ0n) is 7.72. The van der Waals surface area contributed by atoms with E-state index in [0.29, 0.717) is 6.42 Å². The van der Waals surface area contributed by atoms with Crippen LogP contribution in [0.1, 0.15) is 33.6 Å². The Kier molecular flexibility index (Phi) is 1.43. The Hall–Kier alpha value is -0.410. The Balaban J connectivity index is 2.33. The van der Waals surface area contributed by atoms with Gasteiger partial charge in [-0.15, -0.1) is 0 Å². The van der Waals surface area contributed by atoms with E-state index >= 15 is 0 Å². The molecular weight excluding hydrogens is 156 g/mol. The van der Waals surface area contributed by atoms with Gasteiger partial charge in [0.05, 0.1) is 11.7 Å². The fourth-order valence-corrected chi connectivity index (χ4v) is 2.30. The van der Waals surface area contributed by atoms with Crippen molar-refractivity contribution < 1.29 is 14.3 Å². The van der Waals surface area contributed by atoms with Crippen LogP contribution in [0.3, 0.4) is 0 Å². The minimum atomic E-state index is -0.952. The summed E-state index contributed by atoms with van der Waals surface area (Å²) in [5.74, 6) is -0.874. The summed E-state index contributed by atoms with van der Waals surface area (Å²) in [6, 6.07) is 0. The lowest BCUT2D eigenvalue weighted by Crippen LogP contribution is -2.46. The largest absolute Gasteiger partial charge is 0.341 e. The number of hydrogen-bond acceptors (Lipinski definition) is 3.